The van der Waals surface area contributed by atoms with Gasteiger partial charge in [0.05, 0.1) is 5.54 Å². The zero-order valence-corrected chi connectivity index (χ0v) is 20.6. The fourth-order valence-corrected chi connectivity index (χ4v) is 4.88. The van der Waals surface area contributed by atoms with Crippen molar-refractivity contribution in [2.75, 3.05) is 6.54 Å². The zero-order chi connectivity index (χ0) is 24.0. The summed E-state index contributed by atoms with van der Waals surface area (Å²) in [5.41, 5.74) is 6.18. The second-order valence-electron chi connectivity index (χ2n) is 10.1. The second kappa shape index (κ2) is 8.47. The molecule has 1 atom stereocenters. The van der Waals surface area contributed by atoms with E-state index >= 15 is 0 Å². The molecule has 7 heteroatoms. The van der Waals surface area contributed by atoms with Crippen LogP contribution in [0.15, 0.2) is 47.3 Å². The Labute approximate surface area is 199 Å². The van der Waals surface area contributed by atoms with Crippen molar-refractivity contribution in [2.24, 2.45) is 0 Å². The summed E-state index contributed by atoms with van der Waals surface area (Å²) < 4.78 is 1.90. The number of aromatic nitrogens is 5. The van der Waals surface area contributed by atoms with Gasteiger partial charge in [0.1, 0.15) is 6.04 Å². The molecule has 0 radical (unpaired) electrons. The van der Waals surface area contributed by atoms with Crippen LogP contribution < -0.4 is 5.56 Å². The maximum atomic E-state index is 13.5. The molecule has 0 amide bonds. The number of nitrogens with zero attached hydrogens (tertiary/aromatic N) is 5. The first-order chi connectivity index (χ1) is 16.3. The summed E-state index contributed by atoms with van der Waals surface area (Å²) in [4.78, 5) is 19.0. The number of aryl methyl sites for hydroxylation is 2. The monoisotopic (exact) mass is 456 g/mol. The fourth-order valence-electron chi connectivity index (χ4n) is 4.88. The van der Waals surface area contributed by atoms with Crippen molar-refractivity contribution in [3.63, 3.8) is 0 Å². The lowest BCUT2D eigenvalue weighted by atomic mass is 9.94. The Morgan fingerprint density at radius 3 is 2.59 bits per heavy atom. The largest absolute Gasteiger partial charge is 0.322 e. The highest BCUT2D eigenvalue weighted by Crippen LogP contribution is 2.34. The van der Waals surface area contributed by atoms with E-state index in [9.17, 15) is 4.79 Å². The van der Waals surface area contributed by atoms with Gasteiger partial charge in [-0.05, 0) is 96.8 Å². The third kappa shape index (κ3) is 3.84. The van der Waals surface area contributed by atoms with Gasteiger partial charge in [-0.1, -0.05) is 31.2 Å². The number of nitrogens with one attached hydrogen (secondary N) is 1. The fraction of sp³-hybridized carbons (Fsp3) is 0.407. The van der Waals surface area contributed by atoms with Crippen molar-refractivity contribution in [3.05, 3.63) is 86.5 Å². The summed E-state index contributed by atoms with van der Waals surface area (Å²) in [6.07, 6.45) is 1.79. The quantitative estimate of drug-likeness (QED) is 0.481. The molecule has 0 fully saturated rings. The van der Waals surface area contributed by atoms with E-state index in [-0.39, 0.29) is 17.1 Å². The van der Waals surface area contributed by atoms with E-state index < -0.39 is 0 Å². The van der Waals surface area contributed by atoms with Gasteiger partial charge in [0, 0.05) is 24.2 Å². The van der Waals surface area contributed by atoms with Gasteiger partial charge in [-0.15, -0.1) is 5.10 Å². The van der Waals surface area contributed by atoms with Gasteiger partial charge >= 0.3 is 0 Å². The SMILES string of the molecule is CCC(C)(C)n1nnnc1[C@H](c1cc2cc(C)c(C)cc2[nH]c1=O)N1CCc2ccccc2C1. The maximum absolute atomic E-state index is 13.5. The Bertz CT molecular complexity index is 1420. The van der Waals surface area contributed by atoms with E-state index in [0.717, 1.165) is 42.4 Å². The number of rotatable bonds is 5. The molecule has 4 aromatic rings. The van der Waals surface area contributed by atoms with E-state index in [2.05, 4.69) is 90.4 Å². The number of hydrogen-bond donors (Lipinski definition) is 1. The second-order valence-corrected chi connectivity index (χ2v) is 10.1. The lowest BCUT2D eigenvalue weighted by molar-refractivity contribution is 0.181. The molecule has 1 aliphatic rings. The molecule has 2 aromatic carbocycles. The van der Waals surface area contributed by atoms with Crippen LogP contribution in [-0.2, 0) is 18.5 Å². The molecule has 0 saturated carbocycles. The topological polar surface area (TPSA) is 79.7 Å². The average molecular weight is 457 g/mol. The Kier molecular flexibility index (Phi) is 5.60. The molecule has 176 valence electrons. The molecule has 0 unspecified atom stereocenters. The minimum absolute atomic E-state index is 0.0940. The van der Waals surface area contributed by atoms with Crippen LogP contribution in [0.2, 0.25) is 0 Å². The summed E-state index contributed by atoms with van der Waals surface area (Å²) in [5.74, 6) is 0.708. The van der Waals surface area contributed by atoms with Gasteiger partial charge in [-0.25, -0.2) is 4.68 Å². The van der Waals surface area contributed by atoms with Crippen LogP contribution in [0.3, 0.4) is 0 Å². The Balaban J connectivity index is 1.70. The van der Waals surface area contributed by atoms with Crippen LogP contribution in [-0.4, -0.2) is 36.6 Å². The molecular weight excluding hydrogens is 424 g/mol. The minimum Gasteiger partial charge on any atom is -0.322 e. The number of fused-ring (bicyclic) bond motifs is 2. The number of aromatic amines is 1. The van der Waals surface area contributed by atoms with Crippen molar-refractivity contribution in [2.45, 2.75) is 65.6 Å². The van der Waals surface area contributed by atoms with E-state index in [1.54, 1.807) is 0 Å². The molecule has 0 bridgehead atoms. The van der Waals surface area contributed by atoms with Crippen molar-refractivity contribution in [1.82, 2.24) is 30.1 Å². The molecular formula is C27H32N6O. The van der Waals surface area contributed by atoms with E-state index in [4.69, 9.17) is 0 Å². The lowest BCUT2D eigenvalue weighted by Crippen LogP contribution is -2.40. The predicted molar refractivity (Wildman–Crippen MR) is 134 cm³/mol. The molecule has 0 aliphatic carbocycles. The number of H-pyrrole nitrogens is 1. The Hall–Kier alpha value is -3.32. The molecule has 7 nitrogen and oxygen atoms in total. The van der Waals surface area contributed by atoms with Gasteiger partial charge in [-0.2, -0.15) is 0 Å². The number of tetrazole rings is 1. The summed E-state index contributed by atoms with van der Waals surface area (Å²) in [5, 5.41) is 14.0. The summed E-state index contributed by atoms with van der Waals surface area (Å²) in [7, 11) is 0. The summed E-state index contributed by atoms with van der Waals surface area (Å²) >= 11 is 0. The van der Waals surface area contributed by atoms with Crippen LogP contribution in [0.25, 0.3) is 10.9 Å². The Morgan fingerprint density at radius 2 is 1.82 bits per heavy atom. The first-order valence-corrected chi connectivity index (χ1v) is 12.0. The third-order valence-corrected chi connectivity index (χ3v) is 7.48. The highest BCUT2D eigenvalue weighted by molar-refractivity contribution is 5.81. The normalized spacial score (nSPS) is 15.4. The molecule has 1 aliphatic heterocycles. The van der Waals surface area contributed by atoms with Crippen molar-refractivity contribution < 1.29 is 0 Å². The van der Waals surface area contributed by atoms with Crippen LogP contribution in [0.5, 0.6) is 0 Å². The third-order valence-electron chi connectivity index (χ3n) is 7.48. The number of benzene rings is 2. The molecule has 1 N–H and O–H groups in total. The minimum atomic E-state index is -0.357. The van der Waals surface area contributed by atoms with E-state index in [1.165, 1.54) is 16.7 Å². The van der Waals surface area contributed by atoms with Gasteiger partial charge in [-0.3, -0.25) is 9.69 Å². The lowest BCUT2D eigenvalue weighted by Gasteiger charge is -2.36. The number of hydrogen-bond acceptors (Lipinski definition) is 5. The van der Waals surface area contributed by atoms with Crippen molar-refractivity contribution in [3.8, 4) is 0 Å². The standard InChI is InChI=1S/C27H32N6O/c1-6-27(4,5)33-25(29-30-31-33)24(32-12-11-19-9-7-8-10-20(19)16-32)22-15-21-13-17(2)18(3)14-23(21)28-26(22)34/h7-10,13-15,24H,6,11-12,16H2,1-5H3,(H,28,34)/t24-/m0/s1. The maximum Gasteiger partial charge on any atom is 0.253 e. The molecule has 34 heavy (non-hydrogen) atoms. The predicted octanol–water partition coefficient (Wildman–Crippen LogP) is 4.42. The van der Waals surface area contributed by atoms with E-state index in [0.29, 0.717) is 11.4 Å². The molecule has 0 saturated heterocycles. The van der Waals surface area contributed by atoms with Crippen LogP contribution in [0.4, 0.5) is 0 Å². The summed E-state index contributed by atoms with van der Waals surface area (Å²) in [6, 6.07) is 14.4. The van der Waals surface area contributed by atoms with Crippen molar-refractivity contribution in [1.29, 1.82) is 0 Å². The van der Waals surface area contributed by atoms with E-state index in [1.807, 2.05) is 16.8 Å². The van der Waals surface area contributed by atoms with Gasteiger partial charge in [0.2, 0.25) is 0 Å². The highest BCUT2D eigenvalue weighted by atomic mass is 16.1. The smallest absolute Gasteiger partial charge is 0.253 e. The van der Waals surface area contributed by atoms with Gasteiger partial charge in [0.15, 0.2) is 5.82 Å². The Morgan fingerprint density at radius 1 is 1.09 bits per heavy atom. The first-order valence-electron chi connectivity index (χ1n) is 12.0. The number of pyridine rings is 1. The zero-order valence-electron chi connectivity index (χ0n) is 20.6. The molecule has 2 aromatic heterocycles. The highest BCUT2D eigenvalue weighted by Gasteiger charge is 2.35. The molecule has 0 spiro atoms. The average Bonchev–Trinajstić information content (AvgIpc) is 3.31. The van der Waals surface area contributed by atoms with Crippen LogP contribution >= 0.6 is 0 Å². The molecule has 3 heterocycles. The summed E-state index contributed by atoms with van der Waals surface area (Å²) in [6.45, 7) is 12.1. The van der Waals surface area contributed by atoms with Crippen LogP contribution in [0, 0.1) is 13.8 Å². The van der Waals surface area contributed by atoms with Crippen molar-refractivity contribution >= 4 is 10.9 Å². The molecule has 5 rings (SSSR count). The first kappa shape index (κ1) is 22.5. The van der Waals surface area contributed by atoms with Gasteiger partial charge < -0.3 is 4.98 Å². The van der Waals surface area contributed by atoms with Crippen LogP contribution in [0.1, 0.15) is 66.9 Å². The van der Waals surface area contributed by atoms with Gasteiger partial charge in [0.25, 0.3) is 5.56 Å².